The largest absolute Gasteiger partial charge is 0.462 e. The Morgan fingerprint density at radius 1 is 0.274 bits per heavy atom. The van der Waals surface area contributed by atoms with Gasteiger partial charge in [-0.15, -0.1) is 0 Å². The van der Waals surface area contributed by atoms with Gasteiger partial charge in [0.1, 0.15) is 13.2 Å². The number of hydrogen-bond donors (Lipinski definition) is 0. The molecule has 6 heteroatoms. The molecule has 0 N–H and O–H groups in total. The van der Waals surface area contributed by atoms with Crippen molar-refractivity contribution in [2.75, 3.05) is 13.2 Å². The van der Waals surface area contributed by atoms with Crippen molar-refractivity contribution < 1.29 is 28.6 Å². The second-order valence-electron chi connectivity index (χ2n) is 24.3. The van der Waals surface area contributed by atoms with Crippen LogP contribution in [0, 0.1) is 17.8 Å². The number of rotatable bonds is 60. The van der Waals surface area contributed by atoms with E-state index in [0.717, 1.165) is 75.5 Å². The minimum absolute atomic E-state index is 0.0624. The summed E-state index contributed by atoms with van der Waals surface area (Å²) in [7, 11) is 0. The molecule has 0 aliphatic heterocycles. The first kappa shape index (κ1) is 71.4. The lowest BCUT2D eigenvalue weighted by molar-refractivity contribution is -0.167. The van der Waals surface area contributed by atoms with E-state index in [4.69, 9.17) is 14.2 Å². The molecule has 0 aromatic heterocycles. The minimum atomic E-state index is -0.765. The lowest BCUT2D eigenvalue weighted by Gasteiger charge is -2.18. The Hall–Kier alpha value is -1.59. The SMILES string of the molecule is CCC(C)CCCCCCCCCCCCCCCCCCCCC(=O)OC[C@H](COC(=O)CCCCCCCCCCCCCCCCCC(C)C)OC(=O)CCCCCCCCCCCCCCC(C)C. The van der Waals surface area contributed by atoms with E-state index in [1.165, 1.54) is 257 Å². The van der Waals surface area contributed by atoms with Crippen LogP contribution in [0.15, 0.2) is 0 Å². The van der Waals surface area contributed by atoms with E-state index in [9.17, 15) is 14.4 Å². The summed E-state index contributed by atoms with van der Waals surface area (Å²) < 4.78 is 17.0. The van der Waals surface area contributed by atoms with Gasteiger partial charge < -0.3 is 14.2 Å². The zero-order valence-corrected chi connectivity index (χ0v) is 50.4. The predicted octanol–water partition coefficient (Wildman–Crippen LogP) is 22.2. The second kappa shape index (κ2) is 58.1. The number of esters is 3. The van der Waals surface area contributed by atoms with Crippen LogP contribution in [0.5, 0.6) is 0 Å². The first-order valence-corrected chi connectivity index (χ1v) is 33.1. The molecule has 434 valence electrons. The van der Waals surface area contributed by atoms with Crippen molar-refractivity contribution in [1.82, 2.24) is 0 Å². The summed E-state index contributed by atoms with van der Waals surface area (Å²) in [6.45, 7) is 13.9. The van der Waals surface area contributed by atoms with Crippen molar-refractivity contribution >= 4 is 17.9 Å². The van der Waals surface area contributed by atoms with Gasteiger partial charge >= 0.3 is 17.9 Å². The van der Waals surface area contributed by atoms with Gasteiger partial charge in [0.15, 0.2) is 6.10 Å². The molecule has 73 heavy (non-hydrogen) atoms. The Balaban J connectivity index is 4.26. The van der Waals surface area contributed by atoms with Crippen molar-refractivity contribution in [1.29, 1.82) is 0 Å². The molecule has 0 bridgehead atoms. The zero-order chi connectivity index (χ0) is 53.3. The van der Waals surface area contributed by atoms with Gasteiger partial charge in [0.25, 0.3) is 0 Å². The number of hydrogen-bond acceptors (Lipinski definition) is 6. The molecule has 6 nitrogen and oxygen atoms in total. The fraction of sp³-hybridized carbons (Fsp3) is 0.955. The van der Waals surface area contributed by atoms with Gasteiger partial charge in [-0.05, 0) is 37.0 Å². The highest BCUT2D eigenvalue weighted by Gasteiger charge is 2.20. The third-order valence-electron chi connectivity index (χ3n) is 15.8. The summed E-state index contributed by atoms with van der Waals surface area (Å²) in [4.78, 5) is 38.4. The van der Waals surface area contributed by atoms with Gasteiger partial charge in [-0.1, -0.05) is 337 Å². The van der Waals surface area contributed by atoms with Crippen molar-refractivity contribution in [3.8, 4) is 0 Å². The first-order chi connectivity index (χ1) is 35.6. The summed E-state index contributed by atoms with van der Waals surface area (Å²) in [6, 6.07) is 0. The van der Waals surface area contributed by atoms with Crippen LogP contribution in [-0.2, 0) is 28.6 Å². The Morgan fingerprint density at radius 3 is 0.712 bits per heavy atom. The highest BCUT2D eigenvalue weighted by Crippen LogP contribution is 2.20. The van der Waals surface area contributed by atoms with Crippen LogP contribution in [0.3, 0.4) is 0 Å². The predicted molar refractivity (Wildman–Crippen MR) is 316 cm³/mol. The van der Waals surface area contributed by atoms with Crippen LogP contribution in [0.25, 0.3) is 0 Å². The van der Waals surface area contributed by atoms with Gasteiger partial charge in [0, 0.05) is 19.3 Å². The lowest BCUT2D eigenvalue weighted by atomic mass is 9.99. The van der Waals surface area contributed by atoms with E-state index < -0.39 is 6.10 Å². The quantitative estimate of drug-likeness (QED) is 0.0343. The zero-order valence-electron chi connectivity index (χ0n) is 50.4. The van der Waals surface area contributed by atoms with Crippen LogP contribution in [0.4, 0.5) is 0 Å². The molecule has 0 aromatic rings. The van der Waals surface area contributed by atoms with Gasteiger partial charge in [-0.25, -0.2) is 0 Å². The van der Waals surface area contributed by atoms with Crippen LogP contribution < -0.4 is 0 Å². The number of carbonyl (C=O) groups is 3. The molecule has 1 unspecified atom stereocenters. The second-order valence-corrected chi connectivity index (χ2v) is 24.3. The smallest absolute Gasteiger partial charge is 0.306 e. The van der Waals surface area contributed by atoms with E-state index in [0.29, 0.717) is 19.3 Å². The van der Waals surface area contributed by atoms with E-state index in [1.807, 2.05) is 0 Å². The summed E-state index contributed by atoms with van der Waals surface area (Å²) >= 11 is 0. The number of ether oxygens (including phenoxy) is 3. The fourth-order valence-electron chi connectivity index (χ4n) is 10.4. The summed E-state index contributed by atoms with van der Waals surface area (Å²) in [6.07, 6.45) is 63.9. The van der Waals surface area contributed by atoms with E-state index in [1.54, 1.807) is 0 Å². The molecule has 0 radical (unpaired) electrons. The highest BCUT2D eigenvalue weighted by atomic mass is 16.6. The minimum Gasteiger partial charge on any atom is -0.462 e. The van der Waals surface area contributed by atoms with Crippen molar-refractivity contribution in [3.63, 3.8) is 0 Å². The van der Waals surface area contributed by atoms with E-state index in [2.05, 4.69) is 41.5 Å². The number of carbonyl (C=O) groups excluding carboxylic acids is 3. The van der Waals surface area contributed by atoms with Gasteiger partial charge in [0.05, 0.1) is 0 Å². The molecule has 0 spiro atoms. The Kier molecular flexibility index (Phi) is 56.8. The van der Waals surface area contributed by atoms with E-state index in [-0.39, 0.29) is 31.1 Å². The topological polar surface area (TPSA) is 78.9 Å². The van der Waals surface area contributed by atoms with Crippen molar-refractivity contribution in [3.05, 3.63) is 0 Å². The molecule has 0 heterocycles. The Morgan fingerprint density at radius 2 is 0.479 bits per heavy atom. The summed E-state index contributed by atoms with van der Waals surface area (Å²) in [5.41, 5.74) is 0. The first-order valence-electron chi connectivity index (χ1n) is 33.1. The molecule has 0 aliphatic rings. The highest BCUT2D eigenvalue weighted by molar-refractivity contribution is 5.71. The molecular weight excluding hydrogens is 901 g/mol. The van der Waals surface area contributed by atoms with Crippen molar-refractivity contribution in [2.24, 2.45) is 17.8 Å². The van der Waals surface area contributed by atoms with Crippen LogP contribution >= 0.6 is 0 Å². The van der Waals surface area contributed by atoms with E-state index >= 15 is 0 Å². The average Bonchev–Trinajstić information content (AvgIpc) is 3.37. The molecule has 0 amide bonds. The standard InChI is InChI=1S/C67H130O6/c1-7-63(6)55-49-43-37-31-25-18-14-10-8-9-11-15-19-26-32-38-44-50-56-65(68)71-59-64(73-67(70)58-52-46-40-34-28-22-21-24-30-36-42-48-54-62(4)5)60-72-66(69)57-51-45-39-33-27-20-16-12-13-17-23-29-35-41-47-53-61(2)3/h61-64H,7-60H2,1-6H3/t63?,64-/m1/s1. The normalized spacial score (nSPS) is 12.5. The molecule has 0 fully saturated rings. The summed E-state index contributed by atoms with van der Waals surface area (Å²) in [5.74, 6) is 1.76. The lowest BCUT2D eigenvalue weighted by Crippen LogP contribution is -2.30. The number of unbranched alkanes of at least 4 members (excludes halogenated alkanes) is 42. The Bertz CT molecular complexity index is 1130. The molecule has 0 aliphatic carbocycles. The van der Waals surface area contributed by atoms with Crippen LogP contribution in [0.2, 0.25) is 0 Å². The average molecular weight is 1030 g/mol. The molecule has 2 atom stereocenters. The molecule has 0 saturated heterocycles. The van der Waals surface area contributed by atoms with Crippen molar-refractivity contribution in [2.45, 2.75) is 382 Å². The monoisotopic (exact) mass is 1030 g/mol. The maximum atomic E-state index is 12.9. The van der Waals surface area contributed by atoms with Gasteiger partial charge in [-0.3, -0.25) is 14.4 Å². The molecular formula is C67H130O6. The van der Waals surface area contributed by atoms with Crippen LogP contribution in [-0.4, -0.2) is 37.2 Å². The van der Waals surface area contributed by atoms with Crippen LogP contribution in [0.1, 0.15) is 375 Å². The maximum Gasteiger partial charge on any atom is 0.306 e. The summed E-state index contributed by atoms with van der Waals surface area (Å²) in [5, 5.41) is 0. The molecule has 0 saturated carbocycles. The molecule has 0 aromatic carbocycles. The van der Waals surface area contributed by atoms with Gasteiger partial charge in [0.2, 0.25) is 0 Å². The fourth-order valence-corrected chi connectivity index (χ4v) is 10.4. The molecule has 0 rings (SSSR count). The maximum absolute atomic E-state index is 12.9. The third-order valence-corrected chi connectivity index (χ3v) is 15.8. The Labute approximate surface area is 457 Å². The third kappa shape index (κ3) is 59.5. The van der Waals surface area contributed by atoms with Gasteiger partial charge in [-0.2, -0.15) is 0 Å².